The molecule has 3 nitrogen and oxygen atoms in total. The largest absolute Gasteiger partial charge is 0.465 e. The third-order valence-corrected chi connectivity index (χ3v) is 5.45. The van der Waals surface area contributed by atoms with Crippen LogP contribution in [0, 0.1) is 0 Å². The lowest BCUT2D eigenvalue weighted by atomic mass is 9.94. The second kappa shape index (κ2) is 5.79. The molecule has 0 bridgehead atoms. The number of aliphatic hydroxyl groups is 1. The van der Waals surface area contributed by atoms with Crippen molar-refractivity contribution >= 4 is 14.0 Å². The van der Waals surface area contributed by atoms with Crippen molar-refractivity contribution in [2.75, 3.05) is 7.11 Å². The molecule has 0 fully saturated rings. The summed E-state index contributed by atoms with van der Waals surface area (Å²) in [5.74, 6) is -0.388. The predicted octanol–water partition coefficient (Wildman–Crippen LogP) is 3.27. The normalized spacial score (nSPS) is 14.1. The van der Waals surface area contributed by atoms with Crippen LogP contribution in [0.5, 0.6) is 0 Å². The molecule has 1 aromatic carbocycles. The van der Waals surface area contributed by atoms with E-state index in [1.807, 2.05) is 0 Å². The van der Waals surface area contributed by atoms with Crippen LogP contribution >= 0.6 is 0 Å². The number of rotatable bonds is 4. The second-order valence-corrected chi connectivity index (χ2v) is 10.9. The lowest BCUT2D eigenvalue weighted by Crippen LogP contribution is -2.38. The average Bonchev–Trinajstić information content (AvgIpc) is 2.36. The van der Waals surface area contributed by atoms with E-state index in [1.165, 1.54) is 7.11 Å². The first-order valence-corrected chi connectivity index (χ1v) is 9.97. The van der Waals surface area contributed by atoms with Gasteiger partial charge in [-0.2, -0.15) is 0 Å². The maximum absolute atomic E-state index is 11.4. The standard InChI is InChI=1S/C16H22O3Si/c1-7-14(20(4,5)6)16(2,18)13-10-8-12(9-11-13)15(17)19-3/h8-11,18H,1H2,2-6H3. The molecule has 1 unspecified atom stereocenters. The van der Waals surface area contributed by atoms with Crippen LogP contribution in [0.1, 0.15) is 22.8 Å². The van der Waals surface area contributed by atoms with Crippen LogP contribution in [-0.2, 0) is 10.3 Å². The minimum Gasteiger partial charge on any atom is -0.465 e. The molecule has 1 aromatic rings. The van der Waals surface area contributed by atoms with Crippen LogP contribution in [-0.4, -0.2) is 26.3 Å². The molecule has 4 heteroatoms. The fraction of sp³-hybridized carbons (Fsp3) is 0.375. The number of hydrogen-bond acceptors (Lipinski definition) is 3. The van der Waals surface area contributed by atoms with E-state index in [-0.39, 0.29) is 5.97 Å². The Bertz CT molecular complexity index is 544. The van der Waals surface area contributed by atoms with E-state index in [1.54, 1.807) is 31.2 Å². The Labute approximate surface area is 121 Å². The summed E-state index contributed by atoms with van der Waals surface area (Å²) in [5, 5.41) is 11.7. The molecule has 1 N–H and O–H groups in total. The highest BCUT2D eigenvalue weighted by Gasteiger charge is 2.36. The molecule has 0 amide bonds. The zero-order chi connectivity index (χ0) is 15.6. The number of carbonyl (C=O) groups is 1. The molecule has 0 aromatic heterocycles. The van der Waals surface area contributed by atoms with Gasteiger partial charge in [0, 0.05) is 0 Å². The van der Waals surface area contributed by atoms with Crippen molar-refractivity contribution in [2.45, 2.75) is 32.2 Å². The first-order valence-electron chi connectivity index (χ1n) is 6.47. The van der Waals surface area contributed by atoms with Crippen LogP contribution < -0.4 is 0 Å². The Hall–Kier alpha value is -1.61. The molecule has 0 aliphatic rings. The first-order chi connectivity index (χ1) is 9.14. The molecule has 0 aliphatic heterocycles. The molecule has 20 heavy (non-hydrogen) atoms. The van der Waals surface area contributed by atoms with Crippen LogP contribution in [0.25, 0.3) is 0 Å². The minimum absolute atomic E-state index is 0.388. The number of ether oxygens (including phenoxy) is 1. The minimum atomic E-state index is -1.75. The number of carbonyl (C=O) groups excluding carboxylic acids is 1. The summed E-state index contributed by atoms with van der Waals surface area (Å²) in [6.07, 6.45) is 0. The summed E-state index contributed by atoms with van der Waals surface area (Å²) in [6.45, 7) is 11.9. The highest BCUT2D eigenvalue weighted by atomic mass is 28.3. The summed E-state index contributed by atoms with van der Waals surface area (Å²) >= 11 is 0. The van der Waals surface area contributed by atoms with Gasteiger partial charge in [0.1, 0.15) is 5.60 Å². The van der Waals surface area contributed by atoms with Gasteiger partial charge in [-0.25, -0.2) is 4.79 Å². The van der Waals surface area contributed by atoms with E-state index in [0.29, 0.717) is 5.56 Å². The van der Waals surface area contributed by atoms with Crippen LogP contribution in [0.2, 0.25) is 19.6 Å². The number of hydrogen-bond donors (Lipinski definition) is 1. The SMILES string of the molecule is C=C=C(C(C)(O)c1ccc(C(=O)OC)cc1)[Si](C)(C)C. The Balaban J connectivity index is 3.23. The summed E-state index contributed by atoms with van der Waals surface area (Å²) < 4.78 is 4.66. The third-order valence-electron chi connectivity index (χ3n) is 3.28. The average molecular weight is 290 g/mol. The smallest absolute Gasteiger partial charge is 0.337 e. The van der Waals surface area contributed by atoms with Crippen molar-refractivity contribution in [2.24, 2.45) is 0 Å². The van der Waals surface area contributed by atoms with Gasteiger partial charge in [0.15, 0.2) is 0 Å². The first kappa shape index (κ1) is 16.4. The van der Waals surface area contributed by atoms with Gasteiger partial charge in [0.25, 0.3) is 0 Å². The molecule has 1 rings (SSSR count). The Morgan fingerprint density at radius 3 is 2.15 bits per heavy atom. The van der Waals surface area contributed by atoms with E-state index < -0.39 is 13.7 Å². The van der Waals surface area contributed by atoms with Gasteiger partial charge in [-0.1, -0.05) is 38.4 Å². The van der Waals surface area contributed by atoms with Crippen molar-refractivity contribution in [3.8, 4) is 0 Å². The fourth-order valence-electron chi connectivity index (χ4n) is 2.36. The van der Waals surface area contributed by atoms with Gasteiger partial charge in [0.05, 0.1) is 20.7 Å². The van der Waals surface area contributed by atoms with E-state index in [2.05, 4.69) is 36.7 Å². The molecule has 0 aliphatic carbocycles. The number of methoxy groups -OCH3 is 1. The van der Waals surface area contributed by atoms with Crippen molar-refractivity contribution in [1.29, 1.82) is 0 Å². The second-order valence-electron chi connectivity index (χ2n) is 5.94. The number of esters is 1. The van der Waals surface area contributed by atoms with Crippen molar-refractivity contribution < 1.29 is 14.6 Å². The molecule has 108 valence electrons. The summed E-state index contributed by atoms with van der Waals surface area (Å²) in [5.41, 5.74) is 2.98. The van der Waals surface area contributed by atoms with Crippen molar-refractivity contribution in [1.82, 2.24) is 0 Å². The van der Waals surface area contributed by atoms with E-state index in [4.69, 9.17) is 0 Å². The number of benzene rings is 1. The Kier molecular flexibility index (Phi) is 4.76. The van der Waals surface area contributed by atoms with Crippen molar-refractivity contribution in [3.63, 3.8) is 0 Å². The topological polar surface area (TPSA) is 46.5 Å². The van der Waals surface area contributed by atoms with E-state index >= 15 is 0 Å². The molecular weight excluding hydrogens is 268 g/mol. The van der Waals surface area contributed by atoms with Gasteiger partial charge in [0.2, 0.25) is 0 Å². The van der Waals surface area contributed by atoms with Crippen molar-refractivity contribution in [3.05, 3.63) is 52.9 Å². The molecular formula is C16H22O3Si. The lowest BCUT2D eigenvalue weighted by Gasteiger charge is -2.33. The van der Waals surface area contributed by atoms with Crippen LogP contribution in [0.4, 0.5) is 0 Å². The summed E-state index contributed by atoms with van der Waals surface area (Å²) in [7, 11) is -0.402. The fourth-order valence-corrected chi connectivity index (χ4v) is 4.50. The maximum atomic E-state index is 11.4. The molecule has 0 heterocycles. The van der Waals surface area contributed by atoms with Crippen LogP contribution in [0.15, 0.2) is 41.8 Å². The quantitative estimate of drug-likeness (QED) is 0.526. The van der Waals surface area contributed by atoms with Gasteiger partial charge in [-0.05, 0) is 29.8 Å². The molecule has 0 saturated heterocycles. The lowest BCUT2D eigenvalue weighted by molar-refractivity contribution is 0.0600. The maximum Gasteiger partial charge on any atom is 0.337 e. The monoisotopic (exact) mass is 290 g/mol. The van der Waals surface area contributed by atoms with Crippen LogP contribution in [0.3, 0.4) is 0 Å². The molecule has 0 radical (unpaired) electrons. The van der Waals surface area contributed by atoms with E-state index in [9.17, 15) is 9.90 Å². The van der Waals surface area contributed by atoms with Gasteiger partial charge >= 0.3 is 5.97 Å². The highest BCUT2D eigenvalue weighted by molar-refractivity contribution is 6.83. The Morgan fingerprint density at radius 1 is 1.30 bits per heavy atom. The predicted molar refractivity (Wildman–Crippen MR) is 83.4 cm³/mol. The molecule has 0 saturated carbocycles. The highest BCUT2D eigenvalue weighted by Crippen LogP contribution is 2.34. The zero-order valence-electron chi connectivity index (χ0n) is 12.8. The van der Waals surface area contributed by atoms with Gasteiger partial charge < -0.3 is 9.84 Å². The summed E-state index contributed by atoms with van der Waals surface area (Å²) in [6, 6.07) is 6.79. The van der Waals surface area contributed by atoms with Gasteiger partial charge in [-0.3, -0.25) is 0 Å². The molecule has 0 spiro atoms. The third kappa shape index (κ3) is 3.28. The van der Waals surface area contributed by atoms with Gasteiger partial charge in [-0.15, -0.1) is 5.73 Å². The zero-order valence-corrected chi connectivity index (χ0v) is 13.8. The summed E-state index contributed by atoms with van der Waals surface area (Å²) in [4.78, 5) is 11.4. The Morgan fingerprint density at radius 2 is 1.80 bits per heavy atom. The molecule has 1 atom stereocenters. The van der Waals surface area contributed by atoms with E-state index in [0.717, 1.165) is 10.8 Å².